The maximum absolute atomic E-state index is 11.5. The SMILES string of the molecule is CCCc1cc(=O)[nH]c(N/N=C/c2ccc([O-])c([N+](=O)[O-])c2)n1. The fourth-order valence-corrected chi connectivity index (χ4v) is 1.87. The molecule has 9 heteroatoms. The zero-order valence-electron chi connectivity index (χ0n) is 12.3. The summed E-state index contributed by atoms with van der Waals surface area (Å²) in [7, 11) is 0. The van der Waals surface area contributed by atoms with E-state index in [1.165, 1.54) is 18.3 Å². The molecule has 0 aliphatic rings. The maximum atomic E-state index is 11.5. The number of benzene rings is 1. The van der Waals surface area contributed by atoms with Gasteiger partial charge < -0.3 is 5.11 Å². The molecule has 2 N–H and O–H groups in total. The lowest BCUT2D eigenvalue weighted by Crippen LogP contribution is -2.12. The molecule has 2 aromatic rings. The van der Waals surface area contributed by atoms with Crippen LogP contribution in [0.15, 0.2) is 34.2 Å². The molecule has 9 nitrogen and oxygen atoms in total. The molecule has 2 rings (SSSR count). The Labute approximate surface area is 130 Å². The summed E-state index contributed by atoms with van der Waals surface area (Å²) in [5.74, 6) is -0.495. The minimum absolute atomic E-state index is 0.173. The van der Waals surface area contributed by atoms with E-state index in [2.05, 4.69) is 20.5 Å². The van der Waals surface area contributed by atoms with E-state index in [0.717, 1.165) is 18.6 Å². The highest BCUT2D eigenvalue weighted by molar-refractivity contribution is 5.81. The predicted molar refractivity (Wildman–Crippen MR) is 82.6 cm³/mol. The number of nitro groups is 1. The van der Waals surface area contributed by atoms with E-state index in [4.69, 9.17) is 0 Å². The third kappa shape index (κ3) is 4.37. The van der Waals surface area contributed by atoms with Gasteiger partial charge in [0.25, 0.3) is 11.2 Å². The van der Waals surface area contributed by atoms with Crippen LogP contribution in [0.4, 0.5) is 11.6 Å². The summed E-state index contributed by atoms with van der Waals surface area (Å²) in [5.41, 5.74) is 2.74. The Morgan fingerprint density at radius 3 is 2.91 bits per heavy atom. The average molecular weight is 316 g/mol. The fourth-order valence-electron chi connectivity index (χ4n) is 1.87. The minimum atomic E-state index is -0.750. The Balaban J connectivity index is 2.14. The van der Waals surface area contributed by atoms with E-state index in [-0.39, 0.29) is 11.5 Å². The molecule has 0 unspecified atom stereocenters. The first-order valence-corrected chi connectivity index (χ1v) is 6.84. The van der Waals surface area contributed by atoms with Crippen molar-refractivity contribution in [1.29, 1.82) is 0 Å². The van der Waals surface area contributed by atoms with E-state index >= 15 is 0 Å². The van der Waals surface area contributed by atoms with E-state index < -0.39 is 16.4 Å². The van der Waals surface area contributed by atoms with Crippen LogP contribution in [0.1, 0.15) is 24.6 Å². The molecule has 0 amide bonds. The van der Waals surface area contributed by atoms with Crippen LogP contribution in [0.5, 0.6) is 5.75 Å². The van der Waals surface area contributed by atoms with Gasteiger partial charge in [-0.15, -0.1) is 0 Å². The summed E-state index contributed by atoms with van der Waals surface area (Å²) in [6.45, 7) is 1.97. The molecule has 23 heavy (non-hydrogen) atoms. The summed E-state index contributed by atoms with van der Waals surface area (Å²) < 4.78 is 0. The van der Waals surface area contributed by atoms with E-state index in [1.807, 2.05) is 6.92 Å². The van der Waals surface area contributed by atoms with Gasteiger partial charge in [0.1, 0.15) is 0 Å². The van der Waals surface area contributed by atoms with Gasteiger partial charge in [-0.1, -0.05) is 25.5 Å². The molecule has 1 aromatic heterocycles. The van der Waals surface area contributed by atoms with Crippen LogP contribution in [0, 0.1) is 10.1 Å². The topological polar surface area (TPSA) is 136 Å². The smallest absolute Gasteiger partial charge is 0.262 e. The number of nitro benzene ring substituents is 1. The van der Waals surface area contributed by atoms with Crippen molar-refractivity contribution in [2.75, 3.05) is 5.43 Å². The van der Waals surface area contributed by atoms with E-state index in [1.54, 1.807) is 0 Å². The number of hydrazone groups is 1. The van der Waals surface area contributed by atoms with Gasteiger partial charge in [0, 0.05) is 23.4 Å². The van der Waals surface area contributed by atoms with Crippen molar-refractivity contribution >= 4 is 17.9 Å². The van der Waals surface area contributed by atoms with Gasteiger partial charge in [-0.05, 0) is 12.2 Å². The second kappa shape index (κ2) is 7.16. The average Bonchev–Trinajstić information content (AvgIpc) is 2.48. The first kappa shape index (κ1) is 16.1. The van der Waals surface area contributed by atoms with E-state index in [9.17, 15) is 20.0 Å². The Morgan fingerprint density at radius 2 is 2.22 bits per heavy atom. The molecule has 0 aliphatic heterocycles. The molecule has 0 fully saturated rings. The third-order valence-corrected chi connectivity index (χ3v) is 2.86. The lowest BCUT2D eigenvalue weighted by molar-refractivity contribution is -0.398. The normalized spacial score (nSPS) is 10.8. The summed E-state index contributed by atoms with van der Waals surface area (Å²) in [6.07, 6.45) is 2.81. The number of H-pyrrole nitrogens is 1. The first-order chi connectivity index (χ1) is 11.0. The first-order valence-electron chi connectivity index (χ1n) is 6.84. The van der Waals surface area contributed by atoms with Gasteiger partial charge in [-0.3, -0.25) is 19.9 Å². The highest BCUT2D eigenvalue weighted by Gasteiger charge is 2.06. The minimum Gasteiger partial charge on any atom is -0.868 e. The molecule has 1 aromatic carbocycles. The van der Waals surface area contributed by atoms with Crippen LogP contribution in [0.3, 0.4) is 0 Å². The van der Waals surface area contributed by atoms with Gasteiger partial charge >= 0.3 is 0 Å². The Morgan fingerprint density at radius 1 is 1.43 bits per heavy atom. The molecule has 0 bridgehead atoms. The number of rotatable bonds is 6. The van der Waals surface area contributed by atoms with Gasteiger partial charge in [-0.25, -0.2) is 10.4 Å². The van der Waals surface area contributed by atoms with Crippen molar-refractivity contribution in [3.8, 4) is 5.75 Å². The van der Waals surface area contributed by atoms with Gasteiger partial charge in [0.2, 0.25) is 5.95 Å². The van der Waals surface area contributed by atoms with Crippen molar-refractivity contribution in [3.05, 3.63) is 56.0 Å². The number of aromatic amines is 1. The standard InChI is InChI=1S/C14H15N5O4/c1-2-3-10-7-13(21)17-14(16-10)18-15-8-9-4-5-12(20)11(6-9)19(22)23/h4-8,20H,2-3H2,1H3,(H2,16,17,18,21)/p-1/b15-8+. The van der Waals surface area contributed by atoms with Crippen molar-refractivity contribution in [2.24, 2.45) is 5.10 Å². The number of hydrogen-bond donors (Lipinski definition) is 2. The van der Waals surface area contributed by atoms with Crippen LogP contribution in [-0.4, -0.2) is 21.1 Å². The summed E-state index contributed by atoms with van der Waals surface area (Å²) in [5, 5.41) is 25.8. The summed E-state index contributed by atoms with van der Waals surface area (Å²) in [6, 6.07) is 5.04. The van der Waals surface area contributed by atoms with Crippen LogP contribution >= 0.6 is 0 Å². The molecule has 0 aliphatic carbocycles. The van der Waals surface area contributed by atoms with Crippen molar-refractivity contribution in [2.45, 2.75) is 19.8 Å². The lowest BCUT2D eigenvalue weighted by atomic mass is 10.2. The molecule has 0 radical (unpaired) electrons. The summed E-state index contributed by atoms with van der Waals surface area (Å²) >= 11 is 0. The second-order valence-electron chi connectivity index (χ2n) is 4.69. The highest BCUT2D eigenvalue weighted by atomic mass is 16.6. The Bertz CT molecular complexity index is 800. The summed E-state index contributed by atoms with van der Waals surface area (Å²) in [4.78, 5) is 28.1. The Kier molecular flexibility index (Phi) is 5.03. The highest BCUT2D eigenvalue weighted by Crippen LogP contribution is 2.22. The molecular formula is C14H14N5O4-. The van der Waals surface area contributed by atoms with Crippen molar-refractivity contribution in [3.63, 3.8) is 0 Å². The molecule has 0 saturated heterocycles. The molecule has 0 spiro atoms. The van der Waals surface area contributed by atoms with Crippen molar-refractivity contribution < 1.29 is 10.0 Å². The largest absolute Gasteiger partial charge is 0.868 e. The van der Waals surface area contributed by atoms with Crippen LogP contribution < -0.4 is 16.1 Å². The molecule has 0 atom stereocenters. The lowest BCUT2D eigenvalue weighted by Gasteiger charge is -2.06. The quantitative estimate of drug-likeness (QED) is 0.466. The van der Waals surface area contributed by atoms with Crippen LogP contribution in [0.2, 0.25) is 0 Å². The number of aromatic nitrogens is 2. The second-order valence-corrected chi connectivity index (χ2v) is 4.69. The molecule has 120 valence electrons. The monoisotopic (exact) mass is 316 g/mol. The third-order valence-electron chi connectivity index (χ3n) is 2.86. The number of nitrogens with zero attached hydrogens (tertiary/aromatic N) is 3. The number of nitrogens with one attached hydrogen (secondary N) is 2. The number of aryl methyl sites for hydroxylation is 1. The zero-order chi connectivity index (χ0) is 16.8. The van der Waals surface area contributed by atoms with Crippen LogP contribution in [-0.2, 0) is 6.42 Å². The van der Waals surface area contributed by atoms with Gasteiger partial charge in [-0.2, -0.15) is 5.10 Å². The fraction of sp³-hybridized carbons (Fsp3) is 0.214. The van der Waals surface area contributed by atoms with Gasteiger partial charge in [0.05, 0.1) is 11.1 Å². The number of hydrogen-bond acceptors (Lipinski definition) is 7. The van der Waals surface area contributed by atoms with E-state index in [0.29, 0.717) is 17.7 Å². The van der Waals surface area contributed by atoms with Gasteiger partial charge in [0.15, 0.2) is 0 Å². The van der Waals surface area contributed by atoms with Crippen molar-refractivity contribution in [1.82, 2.24) is 9.97 Å². The number of anilines is 1. The molecular weight excluding hydrogens is 302 g/mol. The predicted octanol–water partition coefficient (Wildman–Crippen LogP) is 1.15. The molecule has 1 heterocycles. The maximum Gasteiger partial charge on any atom is 0.262 e. The van der Waals surface area contributed by atoms with Crippen LogP contribution in [0.25, 0.3) is 0 Å². The molecule has 0 saturated carbocycles. The zero-order valence-corrected chi connectivity index (χ0v) is 12.3. The Hall–Kier alpha value is -3.23.